The van der Waals surface area contributed by atoms with Gasteiger partial charge in [0.1, 0.15) is 12.9 Å². The van der Waals surface area contributed by atoms with Gasteiger partial charge in [0, 0.05) is 13.1 Å². The number of hydrogen-bond donors (Lipinski definition) is 4. The lowest BCUT2D eigenvalue weighted by atomic mass is 10.2. The van der Waals surface area contributed by atoms with Gasteiger partial charge >= 0.3 is 7.75 Å². The highest BCUT2D eigenvalue weighted by atomic mass is 31.2. The first-order valence-corrected chi connectivity index (χ1v) is 9.89. The van der Waals surface area contributed by atoms with E-state index in [1.165, 1.54) is 21.9 Å². The van der Waals surface area contributed by atoms with Gasteiger partial charge in [-0.3, -0.25) is 13.9 Å². The van der Waals surface area contributed by atoms with Crippen molar-refractivity contribution in [3.63, 3.8) is 0 Å². The second-order valence-corrected chi connectivity index (χ2v) is 7.95. The Labute approximate surface area is 157 Å². The molecule has 28 heavy (non-hydrogen) atoms. The summed E-state index contributed by atoms with van der Waals surface area (Å²) in [5.41, 5.74) is -0.290. The summed E-state index contributed by atoms with van der Waals surface area (Å²) in [6.45, 7) is 0.529. The molecule has 2 aliphatic rings. The quantitative estimate of drug-likeness (QED) is 0.452. The van der Waals surface area contributed by atoms with Crippen molar-refractivity contribution >= 4 is 18.9 Å². The average molecular weight is 415 g/mol. The molecule has 2 unspecified atom stereocenters. The number of rotatable bonds is 5. The molecule has 0 aliphatic carbocycles. The van der Waals surface area contributed by atoms with Crippen molar-refractivity contribution in [2.75, 3.05) is 32.9 Å². The first-order valence-electron chi connectivity index (χ1n) is 8.36. The summed E-state index contributed by atoms with van der Waals surface area (Å²) in [6.07, 6.45) is -0.257. The van der Waals surface area contributed by atoms with Crippen LogP contribution < -0.4 is 5.56 Å². The third-order valence-electron chi connectivity index (χ3n) is 4.45. The van der Waals surface area contributed by atoms with E-state index in [-0.39, 0.29) is 30.0 Å². The summed E-state index contributed by atoms with van der Waals surface area (Å²) < 4.78 is 30.6. The molecule has 0 spiro atoms. The highest BCUT2D eigenvalue weighted by Crippen LogP contribution is 2.47. The first kappa shape index (κ1) is 19.1. The summed E-state index contributed by atoms with van der Waals surface area (Å²) in [7, 11) is -4.12. The second kappa shape index (κ2) is 7.28. The number of aliphatic hydroxyl groups is 2. The van der Waals surface area contributed by atoms with Crippen molar-refractivity contribution in [3.8, 4) is 0 Å². The lowest BCUT2D eigenvalue weighted by molar-refractivity contribution is -0.0123. The van der Waals surface area contributed by atoms with E-state index in [2.05, 4.69) is 15.0 Å². The average Bonchev–Trinajstić information content (AvgIpc) is 3.24. The number of nitrogens with one attached hydrogen (secondary N) is 1. The number of morpholine rings is 1. The van der Waals surface area contributed by atoms with Crippen molar-refractivity contribution < 1.29 is 33.7 Å². The third-order valence-corrected chi connectivity index (χ3v) is 6.03. The van der Waals surface area contributed by atoms with Crippen molar-refractivity contribution in [1.82, 2.24) is 24.2 Å². The van der Waals surface area contributed by atoms with E-state index < -0.39 is 38.0 Å². The van der Waals surface area contributed by atoms with E-state index in [0.717, 1.165) is 0 Å². The first-order chi connectivity index (χ1) is 13.4. The molecular formula is C14H18N5O8P. The topological polar surface area (TPSA) is 172 Å². The van der Waals surface area contributed by atoms with Crippen LogP contribution >= 0.6 is 7.75 Å². The van der Waals surface area contributed by atoms with Crippen molar-refractivity contribution in [3.05, 3.63) is 34.5 Å². The SMILES string of the molecule is O=c1[nH]cnc2c1ncn2[C@@H]1OC(COP(=O)(O)N2CCOCC2)=C(O)C1O. The van der Waals surface area contributed by atoms with Gasteiger partial charge in [-0.15, -0.1) is 0 Å². The molecule has 4 rings (SSSR count). The largest absolute Gasteiger partial charge is 0.506 e. The maximum absolute atomic E-state index is 12.4. The Hall–Kier alpha value is -2.28. The van der Waals surface area contributed by atoms with E-state index in [9.17, 15) is 24.5 Å². The third kappa shape index (κ3) is 3.32. The smallest absolute Gasteiger partial charge is 0.406 e. The zero-order chi connectivity index (χ0) is 19.9. The number of aliphatic hydroxyl groups excluding tert-OH is 2. The normalized spacial score (nSPS) is 25.8. The van der Waals surface area contributed by atoms with Crippen LogP contribution in [0.25, 0.3) is 11.2 Å². The molecule has 2 aliphatic heterocycles. The zero-order valence-corrected chi connectivity index (χ0v) is 15.4. The van der Waals surface area contributed by atoms with Crippen LogP contribution in [0, 0.1) is 0 Å². The van der Waals surface area contributed by atoms with Crippen LogP contribution in [0.1, 0.15) is 6.23 Å². The molecule has 152 valence electrons. The van der Waals surface area contributed by atoms with Gasteiger partial charge in [-0.05, 0) is 0 Å². The molecule has 1 fully saturated rings. The van der Waals surface area contributed by atoms with Crippen molar-refractivity contribution in [2.45, 2.75) is 12.3 Å². The number of nitrogens with zero attached hydrogens (tertiary/aromatic N) is 4. The number of fused-ring (bicyclic) bond motifs is 1. The van der Waals surface area contributed by atoms with Crippen LogP contribution in [0.2, 0.25) is 0 Å². The van der Waals surface area contributed by atoms with Gasteiger partial charge in [-0.25, -0.2) is 19.2 Å². The highest BCUT2D eigenvalue weighted by molar-refractivity contribution is 7.50. The van der Waals surface area contributed by atoms with Crippen LogP contribution in [0.4, 0.5) is 0 Å². The lowest BCUT2D eigenvalue weighted by Gasteiger charge is -2.29. The molecule has 2 aromatic heterocycles. The number of ether oxygens (including phenoxy) is 2. The highest BCUT2D eigenvalue weighted by Gasteiger charge is 2.40. The van der Waals surface area contributed by atoms with Gasteiger partial charge in [-0.2, -0.15) is 0 Å². The molecule has 13 nitrogen and oxygen atoms in total. The summed E-state index contributed by atoms with van der Waals surface area (Å²) >= 11 is 0. The van der Waals surface area contributed by atoms with Crippen LogP contribution in [0.5, 0.6) is 0 Å². The molecular weight excluding hydrogens is 397 g/mol. The minimum atomic E-state index is -4.12. The Kier molecular flexibility index (Phi) is 4.95. The van der Waals surface area contributed by atoms with E-state index in [1.807, 2.05) is 0 Å². The summed E-state index contributed by atoms with van der Waals surface area (Å²) in [5.74, 6) is -0.745. The molecule has 0 bridgehead atoms. The molecule has 1 saturated heterocycles. The molecule has 4 heterocycles. The lowest BCUT2D eigenvalue weighted by Crippen LogP contribution is -2.34. The predicted molar refractivity (Wildman–Crippen MR) is 92.1 cm³/mol. The fraction of sp³-hybridized carbons (Fsp3) is 0.500. The van der Waals surface area contributed by atoms with Gasteiger partial charge in [0.15, 0.2) is 28.8 Å². The Morgan fingerprint density at radius 2 is 2.11 bits per heavy atom. The van der Waals surface area contributed by atoms with Crippen molar-refractivity contribution in [1.29, 1.82) is 0 Å². The Bertz CT molecular complexity index is 1010. The van der Waals surface area contributed by atoms with E-state index in [1.54, 1.807) is 0 Å². The Morgan fingerprint density at radius 3 is 2.86 bits per heavy atom. The van der Waals surface area contributed by atoms with Crippen molar-refractivity contribution in [2.24, 2.45) is 0 Å². The summed E-state index contributed by atoms with van der Waals surface area (Å²) in [4.78, 5) is 32.1. The van der Waals surface area contributed by atoms with Gasteiger partial charge in [-0.1, -0.05) is 0 Å². The number of aromatic nitrogens is 4. The minimum Gasteiger partial charge on any atom is -0.506 e. The maximum Gasteiger partial charge on any atom is 0.406 e. The van der Waals surface area contributed by atoms with E-state index >= 15 is 0 Å². The molecule has 0 amide bonds. The number of aromatic amines is 1. The summed E-state index contributed by atoms with van der Waals surface area (Å²) in [6, 6.07) is 0. The van der Waals surface area contributed by atoms with Gasteiger partial charge in [0.2, 0.25) is 6.23 Å². The number of H-pyrrole nitrogens is 1. The van der Waals surface area contributed by atoms with E-state index in [4.69, 9.17) is 14.0 Å². The fourth-order valence-electron chi connectivity index (χ4n) is 2.97. The summed E-state index contributed by atoms with van der Waals surface area (Å²) in [5, 5.41) is 20.5. The second-order valence-electron chi connectivity index (χ2n) is 6.15. The van der Waals surface area contributed by atoms with Crippen LogP contribution in [0.15, 0.2) is 29.0 Å². The standard InChI is InChI=1S/C14H18N5O8P/c20-10-8(5-26-28(23,24)18-1-3-25-4-2-18)27-14(11(10)21)19-7-17-9-12(19)15-6-16-13(9)22/h6-7,11,14,20-21H,1-5H2,(H,23,24)(H,15,16,22)/t11?,14-/m1/s1. The molecule has 2 aromatic rings. The van der Waals surface area contributed by atoms with Crippen LogP contribution in [-0.2, 0) is 18.6 Å². The predicted octanol–water partition coefficient (Wildman–Crippen LogP) is -0.772. The molecule has 3 atom stereocenters. The molecule has 4 N–H and O–H groups in total. The van der Waals surface area contributed by atoms with Crippen LogP contribution in [0.3, 0.4) is 0 Å². The Balaban J connectivity index is 1.50. The van der Waals surface area contributed by atoms with Crippen LogP contribution in [-0.4, -0.2) is 78.3 Å². The van der Waals surface area contributed by atoms with Gasteiger partial charge in [0.25, 0.3) is 5.56 Å². The Morgan fingerprint density at radius 1 is 1.36 bits per heavy atom. The molecule has 0 radical (unpaired) electrons. The molecule has 0 aromatic carbocycles. The molecule has 14 heteroatoms. The minimum absolute atomic E-state index is 0.0367. The molecule has 0 saturated carbocycles. The van der Waals surface area contributed by atoms with E-state index in [0.29, 0.717) is 13.2 Å². The maximum atomic E-state index is 12.4. The zero-order valence-electron chi connectivity index (χ0n) is 14.5. The number of imidazole rings is 1. The monoisotopic (exact) mass is 415 g/mol. The number of hydrogen-bond acceptors (Lipinski definition) is 9. The fourth-order valence-corrected chi connectivity index (χ4v) is 4.09. The van der Waals surface area contributed by atoms with Gasteiger partial charge < -0.3 is 29.6 Å². The van der Waals surface area contributed by atoms with Gasteiger partial charge in [0.05, 0.1) is 19.5 Å².